The number of benzene rings is 1. The molecule has 2 N–H and O–H groups in total. The third-order valence-electron chi connectivity index (χ3n) is 1.95. The summed E-state index contributed by atoms with van der Waals surface area (Å²) in [5, 5.41) is 12.6. The number of aliphatic hydroxyl groups is 1. The third-order valence-corrected chi connectivity index (χ3v) is 1.95. The van der Waals surface area contributed by atoms with Crippen LogP contribution >= 0.6 is 0 Å². The Bertz CT molecular complexity index is 347. The number of hydrogen-bond acceptors (Lipinski definition) is 2. The summed E-state index contributed by atoms with van der Waals surface area (Å²) in [6.07, 6.45) is -0.451. The maximum atomic E-state index is 9.49. The monoisotopic (exact) mass is 189 g/mol. The van der Waals surface area contributed by atoms with Gasteiger partial charge in [-0.05, 0) is 19.9 Å². The van der Waals surface area contributed by atoms with Gasteiger partial charge in [0.25, 0.3) is 0 Å². The molecule has 0 saturated heterocycles. The van der Waals surface area contributed by atoms with E-state index in [-0.39, 0.29) is 0 Å². The molecule has 2 heteroatoms. The fourth-order valence-electron chi connectivity index (χ4n) is 1.25. The van der Waals surface area contributed by atoms with Crippen LogP contribution in [0.2, 0.25) is 0 Å². The highest BCUT2D eigenvalue weighted by Crippen LogP contribution is 2.21. The molecule has 0 amide bonds. The Morgan fingerprint density at radius 1 is 1.43 bits per heavy atom. The summed E-state index contributed by atoms with van der Waals surface area (Å²) >= 11 is 0. The smallest absolute Gasteiger partial charge is 0.0781 e. The number of nitrogens with one attached hydrogen (secondary N) is 1. The Kier molecular flexibility index (Phi) is 4.03. The predicted octanol–water partition coefficient (Wildman–Crippen LogP) is 2.18. The Labute approximate surface area is 85.0 Å². The molecule has 0 aliphatic rings. The molecule has 0 fully saturated rings. The first-order valence-corrected chi connectivity index (χ1v) is 4.66. The van der Waals surface area contributed by atoms with Gasteiger partial charge in [-0.2, -0.15) is 0 Å². The minimum atomic E-state index is -0.451. The highest BCUT2D eigenvalue weighted by Gasteiger charge is 2.05. The molecule has 0 saturated carbocycles. The van der Waals surface area contributed by atoms with Gasteiger partial charge in [-0.25, -0.2) is 0 Å². The Hall–Kier alpha value is -1.46. The molecule has 1 aromatic carbocycles. The zero-order valence-corrected chi connectivity index (χ0v) is 8.54. The molecule has 1 aromatic rings. The maximum absolute atomic E-state index is 9.49. The summed E-state index contributed by atoms with van der Waals surface area (Å²) in [6, 6.07) is 7.71. The van der Waals surface area contributed by atoms with Gasteiger partial charge < -0.3 is 10.4 Å². The molecular formula is C12H15NO. The molecule has 1 unspecified atom stereocenters. The van der Waals surface area contributed by atoms with Crippen molar-refractivity contribution in [2.45, 2.75) is 20.0 Å². The van der Waals surface area contributed by atoms with E-state index in [9.17, 15) is 5.11 Å². The van der Waals surface area contributed by atoms with E-state index in [0.717, 1.165) is 11.3 Å². The summed E-state index contributed by atoms with van der Waals surface area (Å²) in [4.78, 5) is 0. The lowest BCUT2D eigenvalue weighted by atomic mass is 10.1. The van der Waals surface area contributed by atoms with Gasteiger partial charge in [0.05, 0.1) is 12.6 Å². The second-order valence-corrected chi connectivity index (χ2v) is 3.04. The second kappa shape index (κ2) is 5.31. The van der Waals surface area contributed by atoms with Crippen molar-refractivity contribution in [2.75, 3.05) is 11.9 Å². The van der Waals surface area contributed by atoms with Crippen LogP contribution in [0.4, 0.5) is 5.69 Å². The summed E-state index contributed by atoms with van der Waals surface area (Å²) in [7, 11) is 0. The van der Waals surface area contributed by atoms with E-state index in [4.69, 9.17) is 0 Å². The average Bonchev–Trinajstić information content (AvgIpc) is 2.19. The van der Waals surface area contributed by atoms with E-state index in [1.54, 1.807) is 6.92 Å². The second-order valence-electron chi connectivity index (χ2n) is 3.04. The van der Waals surface area contributed by atoms with Crippen LogP contribution in [0.15, 0.2) is 24.3 Å². The summed E-state index contributed by atoms with van der Waals surface area (Å²) in [5.74, 6) is 5.73. The lowest BCUT2D eigenvalue weighted by Crippen LogP contribution is -2.03. The summed E-state index contributed by atoms with van der Waals surface area (Å²) < 4.78 is 0. The molecular weight excluding hydrogens is 174 g/mol. The molecule has 1 atom stereocenters. The van der Waals surface area contributed by atoms with Crippen molar-refractivity contribution in [3.63, 3.8) is 0 Å². The van der Waals surface area contributed by atoms with Crippen LogP contribution in [-0.2, 0) is 0 Å². The van der Waals surface area contributed by atoms with Crippen LogP contribution in [0.25, 0.3) is 0 Å². The van der Waals surface area contributed by atoms with Gasteiger partial charge in [0.2, 0.25) is 0 Å². The van der Waals surface area contributed by atoms with E-state index in [1.807, 2.05) is 31.2 Å². The highest BCUT2D eigenvalue weighted by atomic mass is 16.3. The van der Waals surface area contributed by atoms with E-state index >= 15 is 0 Å². The zero-order valence-electron chi connectivity index (χ0n) is 8.54. The summed E-state index contributed by atoms with van der Waals surface area (Å²) in [6.45, 7) is 4.18. The largest absolute Gasteiger partial charge is 0.389 e. The van der Waals surface area contributed by atoms with Crippen molar-refractivity contribution in [3.05, 3.63) is 29.8 Å². The van der Waals surface area contributed by atoms with Crippen LogP contribution in [0, 0.1) is 11.8 Å². The molecule has 0 spiro atoms. The normalized spacial score (nSPS) is 11.4. The van der Waals surface area contributed by atoms with Crippen molar-refractivity contribution in [1.29, 1.82) is 0 Å². The molecule has 2 nitrogen and oxygen atoms in total. The molecule has 14 heavy (non-hydrogen) atoms. The lowest BCUT2D eigenvalue weighted by molar-refractivity contribution is 0.200. The van der Waals surface area contributed by atoms with Crippen molar-refractivity contribution in [1.82, 2.24) is 0 Å². The van der Waals surface area contributed by atoms with Gasteiger partial charge in [0.15, 0.2) is 0 Å². The number of para-hydroxylation sites is 1. The number of rotatable bonds is 3. The van der Waals surface area contributed by atoms with Crippen LogP contribution in [0.1, 0.15) is 25.5 Å². The molecule has 0 aliphatic carbocycles. The van der Waals surface area contributed by atoms with Crippen molar-refractivity contribution in [2.24, 2.45) is 0 Å². The van der Waals surface area contributed by atoms with Crippen LogP contribution in [-0.4, -0.2) is 11.7 Å². The number of aliphatic hydroxyl groups excluding tert-OH is 1. The number of anilines is 1. The van der Waals surface area contributed by atoms with Crippen molar-refractivity contribution >= 4 is 5.69 Å². The van der Waals surface area contributed by atoms with Crippen LogP contribution in [0.3, 0.4) is 0 Å². The van der Waals surface area contributed by atoms with Gasteiger partial charge >= 0.3 is 0 Å². The molecule has 1 rings (SSSR count). The van der Waals surface area contributed by atoms with Crippen molar-refractivity contribution in [3.8, 4) is 11.8 Å². The first-order chi connectivity index (χ1) is 6.75. The first kappa shape index (κ1) is 10.6. The van der Waals surface area contributed by atoms with E-state index < -0.39 is 6.10 Å². The third kappa shape index (κ3) is 2.79. The van der Waals surface area contributed by atoms with Gasteiger partial charge in [-0.15, -0.1) is 5.92 Å². The molecule has 0 aliphatic heterocycles. The van der Waals surface area contributed by atoms with Gasteiger partial charge in [-0.1, -0.05) is 24.1 Å². The zero-order chi connectivity index (χ0) is 10.4. The fraction of sp³-hybridized carbons (Fsp3) is 0.333. The van der Waals surface area contributed by atoms with E-state index in [2.05, 4.69) is 17.2 Å². The Balaban J connectivity index is 2.77. The molecule has 0 heterocycles. The predicted molar refractivity (Wildman–Crippen MR) is 59.0 cm³/mol. The highest BCUT2D eigenvalue weighted by molar-refractivity contribution is 5.52. The molecule has 0 radical (unpaired) electrons. The molecule has 74 valence electrons. The van der Waals surface area contributed by atoms with Crippen LogP contribution < -0.4 is 5.32 Å². The molecule has 0 aromatic heterocycles. The minimum Gasteiger partial charge on any atom is -0.389 e. The van der Waals surface area contributed by atoms with Gasteiger partial charge in [-0.3, -0.25) is 0 Å². The SMILES string of the molecule is CC#CCNc1ccccc1C(C)O. The standard InChI is InChI=1S/C12H15NO/c1-3-4-9-13-12-8-6-5-7-11(12)10(2)14/h5-8,10,13-14H,9H2,1-2H3. The van der Waals surface area contributed by atoms with Gasteiger partial charge in [0, 0.05) is 11.3 Å². The minimum absolute atomic E-state index is 0.451. The van der Waals surface area contributed by atoms with Crippen LogP contribution in [0.5, 0.6) is 0 Å². The fourth-order valence-corrected chi connectivity index (χ4v) is 1.25. The topological polar surface area (TPSA) is 32.3 Å². The lowest BCUT2D eigenvalue weighted by Gasteiger charge is -2.11. The Morgan fingerprint density at radius 2 is 2.14 bits per heavy atom. The first-order valence-electron chi connectivity index (χ1n) is 4.66. The average molecular weight is 189 g/mol. The van der Waals surface area contributed by atoms with E-state index in [0.29, 0.717) is 6.54 Å². The van der Waals surface area contributed by atoms with Gasteiger partial charge in [0.1, 0.15) is 0 Å². The molecule has 0 bridgehead atoms. The quantitative estimate of drug-likeness (QED) is 0.714. The van der Waals surface area contributed by atoms with E-state index in [1.165, 1.54) is 0 Å². The Morgan fingerprint density at radius 3 is 2.79 bits per heavy atom. The van der Waals surface area contributed by atoms with Crippen molar-refractivity contribution < 1.29 is 5.11 Å². The summed E-state index contributed by atoms with van der Waals surface area (Å²) in [5.41, 5.74) is 1.86. The number of hydrogen-bond donors (Lipinski definition) is 2. The maximum Gasteiger partial charge on any atom is 0.0781 e.